The Hall–Kier alpha value is -2.56. The molecule has 2 atom stereocenters. The molecule has 4 rings (SSSR count). The first kappa shape index (κ1) is 15.0. The summed E-state index contributed by atoms with van der Waals surface area (Å²) >= 11 is 0. The molecule has 2 fully saturated rings. The van der Waals surface area contributed by atoms with E-state index in [9.17, 15) is 4.79 Å². The van der Waals surface area contributed by atoms with E-state index < -0.39 is 0 Å². The van der Waals surface area contributed by atoms with Gasteiger partial charge in [0, 0.05) is 18.4 Å². The zero-order valence-corrected chi connectivity index (χ0v) is 14.1. The van der Waals surface area contributed by atoms with Crippen LogP contribution < -0.4 is 5.32 Å². The number of nitrogens with zero attached hydrogens (tertiary/aromatic N) is 3. The largest absolute Gasteiger partial charge is 0.358 e. The number of hydrogen-bond donors (Lipinski definition) is 1. The van der Waals surface area contributed by atoms with Gasteiger partial charge >= 0.3 is 0 Å². The van der Waals surface area contributed by atoms with Crippen LogP contribution in [0.5, 0.6) is 0 Å². The fourth-order valence-electron chi connectivity index (χ4n) is 3.98. The molecular weight excluding hydrogens is 300 g/mol. The number of hydrogen-bond acceptors (Lipinski definition) is 4. The number of likely N-dealkylation sites (N-methyl/N-ethyl adjacent to an activating group) is 1. The summed E-state index contributed by atoms with van der Waals surface area (Å²) in [4.78, 5) is 21.5. The zero-order chi connectivity index (χ0) is 16.8. The number of rotatable bonds is 2. The zero-order valence-electron chi connectivity index (χ0n) is 14.1. The van der Waals surface area contributed by atoms with Crippen LogP contribution >= 0.6 is 0 Å². The molecule has 0 spiro atoms. The third-order valence-corrected chi connectivity index (χ3v) is 5.15. The lowest BCUT2D eigenvalue weighted by molar-refractivity contribution is -0.123. The average molecular weight is 322 g/mol. The highest BCUT2D eigenvalue weighted by molar-refractivity contribution is 6.13. The molecule has 1 saturated heterocycles. The summed E-state index contributed by atoms with van der Waals surface area (Å²) in [5.41, 5.74) is 3.20. The van der Waals surface area contributed by atoms with Gasteiger partial charge in [0.1, 0.15) is 0 Å². The second kappa shape index (κ2) is 5.51. The molecule has 5 nitrogen and oxygen atoms in total. The third-order valence-electron chi connectivity index (χ3n) is 5.15. The van der Waals surface area contributed by atoms with Crippen molar-refractivity contribution in [3.8, 4) is 0 Å². The van der Waals surface area contributed by atoms with Crippen molar-refractivity contribution in [3.63, 3.8) is 0 Å². The Morgan fingerprint density at radius 3 is 2.79 bits per heavy atom. The minimum atomic E-state index is -0.0455. The summed E-state index contributed by atoms with van der Waals surface area (Å²) in [6, 6.07) is 10.5. The Morgan fingerprint density at radius 1 is 1.29 bits per heavy atom. The van der Waals surface area contributed by atoms with Crippen LogP contribution in [0.15, 0.2) is 58.9 Å². The second-order valence-electron chi connectivity index (χ2n) is 6.67. The molecule has 0 radical (unpaired) electrons. The van der Waals surface area contributed by atoms with Gasteiger partial charge < -0.3 is 10.2 Å². The number of nitrogens with one attached hydrogen (secondary N) is 1. The van der Waals surface area contributed by atoms with E-state index in [2.05, 4.69) is 16.8 Å². The van der Waals surface area contributed by atoms with Gasteiger partial charge in [0.25, 0.3) is 5.91 Å². The van der Waals surface area contributed by atoms with Crippen molar-refractivity contribution in [1.82, 2.24) is 9.80 Å². The van der Waals surface area contributed by atoms with Crippen LogP contribution in [0, 0.1) is 0 Å². The number of aliphatic imine (C=N–C) groups is 1. The lowest BCUT2D eigenvalue weighted by Gasteiger charge is -2.38. The Bertz CT molecular complexity index is 765. The molecule has 0 bridgehead atoms. The number of allylic oxidation sites excluding steroid dienone is 1. The van der Waals surface area contributed by atoms with Gasteiger partial charge in [-0.1, -0.05) is 24.8 Å². The normalized spacial score (nSPS) is 27.8. The van der Waals surface area contributed by atoms with Crippen LogP contribution in [0.2, 0.25) is 0 Å². The van der Waals surface area contributed by atoms with Gasteiger partial charge in [-0.25, -0.2) is 4.99 Å². The number of para-hydroxylation sites is 1. The van der Waals surface area contributed by atoms with Gasteiger partial charge in [-0.05, 0) is 38.3 Å². The van der Waals surface area contributed by atoms with Crippen molar-refractivity contribution in [1.29, 1.82) is 0 Å². The standard InChI is InChI=1S/C19H22N4O/c1-12(20-14-8-5-4-6-9-14)17-13(2)23-16-11-7-10-15(16)21-19(23)22(3)18(17)24/h4-6,8-9,15-16,20H,2,7,10-11H2,1,3H3/b17-12-/t15-,16+/m1/s1. The van der Waals surface area contributed by atoms with Crippen LogP contribution in [0.4, 0.5) is 5.69 Å². The minimum Gasteiger partial charge on any atom is -0.358 e. The first-order chi connectivity index (χ1) is 11.6. The SMILES string of the molecule is C=C1/C(=C(\C)Nc2ccccc2)C(=O)N(C)C2=N[C@@H]3CCC[C@@H]3N12. The number of carbonyl (C=O) groups is 1. The van der Waals surface area contributed by atoms with Crippen LogP contribution in [-0.2, 0) is 4.79 Å². The summed E-state index contributed by atoms with van der Waals surface area (Å²) in [6.45, 7) is 6.18. The summed E-state index contributed by atoms with van der Waals surface area (Å²) in [5, 5.41) is 3.34. The number of amides is 1. The van der Waals surface area contributed by atoms with E-state index in [1.807, 2.05) is 37.3 Å². The molecule has 5 heteroatoms. The molecule has 1 aromatic carbocycles. The van der Waals surface area contributed by atoms with E-state index in [1.165, 1.54) is 6.42 Å². The fraction of sp³-hybridized carbons (Fsp3) is 0.368. The number of carbonyl (C=O) groups excluding carboxylic acids is 1. The summed E-state index contributed by atoms with van der Waals surface area (Å²) in [6.07, 6.45) is 3.39. The van der Waals surface area contributed by atoms with Gasteiger partial charge in [0.15, 0.2) is 0 Å². The van der Waals surface area contributed by atoms with E-state index in [4.69, 9.17) is 4.99 Å². The predicted molar refractivity (Wildman–Crippen MR) is 95.4 cm³/mol. The van der Waals surface area contributed by atoms with Crippen molar-refractivity contribution in [3.05, 3.63) is 53.9 Å². The molecule has 1 saturated carbocycles. The van der Waals surface area contributed by atoms with Crippen molar-refractivity contribution >= 4 is 17.6 Å². The van der Waals surface area contributed by atoms with Gasteiger partial charge in [-0.2, -0.15) is 0 Å². The fourth-order valence-corrected chi connectivity index (χ4v) is 3.98. The van der Waals surface area contributed by atoms with E-state index in [0.29, 0.717) is 17.7 Å². The Kier molecular flexibility index (Phi) is 3.44. The number of anilines is 1. The van der Waals surface area contributed by atoms with E-state index >= 15 is 0 Å². The van der Waals surface area contributed by atoms with Crippen molar-refractivity contribution < 1.29 is 4.79 Å². The van der Waals surface area contributed by atoms with Crippen molar-refractivity contribution in [2.24, 2.45) is 4.99 Å². The number of guanidine groups is 1. The molecule has 1 N–H and O–H groups in total. The van der Waals surface area contributed by atoms with E-state index in [0.717, 1.165) is 35.9 Å². The predicted octanol–water partition coefficient (Wildman–Crippen LogP) is 2.95. The lowest BCUT2D eigenvalue weighted by Crippen LogP contribution is -2.52. The van der Waals surface area contributed by atoms with Crippen molar-refractivity contribution in [2.45, 2.75) is 38.3 Å². The van der Waals surface area contributed by atoms with Crippen LogP contribution in [0.25, 0.3) is 0 Å². The van der Waals surface area contributed by atoms with Crippen LogP contribution in [0.1, 0.15) is 26.2 Å². The second-order valence-corrected chi connectivity index (χ2v) is 6.67. The molecule has 1 aromatic rings. The maximum atomic E-state index is 12.9. The molecule has 3 aliphatic rings. The highest BCUT2D eigenvalue weighted by Gasteiger charge is 2.47. The van der Waals surface area contributed by atoms with E-state index in [-0.39, 0.29) is 5.91 Å². The highest BCUT2D eigenvalue weighted by atomic mass is 16.2. The van der Waals surface area contributed by atoms with Gasteiger partial charge in [-0.15, -0.1) is 0 Å². The topological polar surface area (TPSA) is 47.9 Å². The summed E-state index contributed by atoms with van der Waals surface area (Å²) < 4.78 is 0. The third kappa shape index (κ3) is 2.15. The monoisotopic (exact) mass is 322 g/mol. The van der Waals surface area contributed by atoms with Crippen LogP contribution in [0.3, 0.4) is 0 Å². The Balaban J connectivity index is 1.71. The first-order valence-corrected chi connectivity index (χ1v) is 8.45. The maximum Gasteiger partial charge on any atom is 0.264 e. The molecule has 1 aliphatic carbocycles. The summed E-state index contributed by atoms with van der Waals surface area (Å²) in [5.74, 6) is 0.715. The molecular formula is C19H22N4O. The van der Waals surface area contributed by atoms with Gasteiger partial charge in [-0.3, -0.25) is 9.69 Å². The maximum absolute atomic E-state index is 12.9. The molecule has 0 aromatic heterocycles. The first-order valence-electron chi connectivity index (χ1n) is 8.45. The highest BCUT2D eigenvalue weighted by Crippen LogP contribution is 2.40. The molecule has 0 unspecified atom stereocenters. The van der Waals surface area contributed by atoms with Gasteiger partial charge in [0.2, 0.25) is 5.96 Å². The van der Waals surface area contributed by atoms with Crippen molar-refractivity contribution in [2.75, 3.05) is 12.4 Å². The molecule has 124 valence electrons. The Morgan fingerprint density at radius 2 is 2.04 bits per heavy atom. The van der Waals surface area contributed by atoms with Gasteiger partial charge in [0.05, 0.1) is 23.4 Å². The number of fused-ring (bicyclic) bond motifs is 3. The Labute approximate surface area is 142 Å². The average Bonchev–Trinajstić information content (AvgIpc) is 3.14. The molecule has 2 aliphatic heterocycles. The molecule has 2 heterocycles. The molecule has 24 heavy (non-hydrogen) atoms. The van der Waals surface area contributed by atoms with Crippen LogP contribution in [-0.4, -0.2) is 40.8 Å². The lowest BCUT2D eigenvalue weighted by atomic mass is 10.0. The molecule has 1 amide bonds. The number of benzene rings is 1. The van der Waals surface area contributed by atoms with E-state index in [1.54, 1.807) is 11.9 Å². The smallest absolute Gasteiger partial charge is 0.264 e. The quantitative estimate of drug-likeness (QED) is 0.852. The minimum absolute atomic E-state index is 0.0455. The summed E-state index contributed by atoms with van der Waals surface area (Å²) in [7, 11) is 1.80.